The first-order chi connectivity index (χ1) is 18.2. The molecule has 2 bridgehead atoms. The lowest BCUT2D eigenvalue weighted by molar-refractivity contribution is -0.151. The molecule has 3 aliphatic rings. The maximum absolute atomic E-state index is 14.6. The highest BCUT2D eigenvalue weighted by atomic mass is 16.5. The van der Waals surface area contributed by atoms with E-state index in [9.17, 15) is 24.6 Å². The van der Waals surface area contributed by atoms with Gasteiger partial charge >= 0.3 is 5.97 Å². The Hall–Kier alpha value is -3.49. The molecule has 200 valence electrons. The van der Waals surface area contributed by atoms with E-state index in [2.05, 4.69) is 6.58 Å². The highest BCUT2D eigenvalue weighted by molar-refractivity contribution is 6.05. The number of carboxylic acids is 1. The lowest BCUT2D eigenvalue weighted by Crippen LogP contribution is -2.59. The molecule has 2 aromatic rings. The number of amides is 2. The maximum atomic E-state index is 14.6. The first-order valence-corrected chi connectivity index (χ1v) is 13.1. The van der Waals surface area contributed by atoms with Gasteiger partial charge in [0.1, 0.15) is 11.6 Å². The van der Waals surface area contributed by atoms with Crippen molar-refractivity contribution in [1.82, 2.24) is 4.90 Å². The highest BCUT2D eigenvalue weighted by Crippen LogP contribution is 2.59. The standard InChI is InChI=1S/C30H34N2O6/c1-4-15-31(25-18(2)9-8-10-19(25)3)28(35)26-30-14-13-22(38-30)23(29(36)37)24(30)27(34)32(26)21(17-33)16-20-11-6-5-7-12-20/h4-12,21-24,26,33H,1,13-17H2,2-3H3,(H,36,37)/t21-,22+,23-,24+,26?,30?/m1/s1. The van der Waals surface area contributed by atoms with Crippen LogP contribution in [0.3, 0.4) is 0 Å². The van der Waals surface area contributed by atoms with Gasteiger partial charge < -0.3 is 24.7 Å². The predicted molar refractivity (Wildman–Crippen MR) is 142 cm³/mol. The summed E-state index contributed by atoms with van der Waals surface area (Å²) in [6, 6.07) is 13.4. The first-order valence-electron chi connectivity index (χ1n) is 13.1. The van der Waals surface area contributed by atoms with Crippen molar-refractivity contribution >= 4 is 23.5 Å². The van der Waals surface area contributed by atoms with Crippen LogP contribution in [0.25, 0.3) is 0 Å². The summed E-state index contributed by atoms with van der Waals surface area (Å²) in [5, 5.41) is 20.6. The molecule has 2 N–H and O–H groups in total. The highest BCUT2D eigenvalue weighted by Gasteiger charge is 2.75. The zero-order valence-corrected chi connectivity index (χ0v) is 21.7. The summed E-state index contributed by atoms with van der Waals surface area (Å²) in [4.78, 5) is 44.2. The summed E-state index contributed by atoms with van der Waals surface area (Å²) in [6.07, 6.45) is 2.21. The number of nitrogens with zero attached hydrogens (tertiary/aromatic N) is 2. The molecule has 0 radical (unpaired) electrons. The molecule has 8 nitrogen and oxygen atoms in total. The summed E-state index contributed by atoms with van der Waals surface area (Å²) in [7, 11) is 0. The molecule has 3 heterocycles. The van der Waals surface area contributed by atoms with Gasteiger partial charge in [-0.15, -0.1) is 6.58 Å². The summed E-state index contributed by atoms with van der Waals surface area (Å²) in [5.41, 5.74) is 2.16. The lowest BCUT2D eigenvalue weighted by Gasteiger charge is -2.40. The Morgan fingerprint density at radius 1 is 1.18 bits per heavy atom. The van der Waals surface area contributed by atoms with Gasteiger partial charge in [-0.1, -0.05) is 54.6 Å². The van der Waals surface area contributed by atoms with Crippen LogP contribution >= 0.6 is 0 Å². The van der Waals surface area contributed by atoms with Crippen molar-refractivity contribution in [2.75, 3.05) is 18.1 Å². The average Bonchev–Trinajstić information content (AvgIpc) is 3.54. The van der Waals surface area contributed by atoms with Crippen molar-refractivity contribution in [3.8, 4) is 0 Å². The number of aliphatic hydroxyl groups excluding tert-OH is 1. The first kappa shape index (κ1) is 26.1. The third-order valence-corrected chi connectivity index (χ3v) is 8.46. The number of rotatable bonds is 9. The molecular formula is C30H34N2O6. The number of carbonyl (C=O) groups is 3. The minimum atomic E-state index is -1.26. The number of carbonyl (C=O) groups excluding carboxylic acids is 2. The number of anilines is 1. The fourth-order valence-corrected chi connectivity index (χ4v) is 6.98. The van der Waals surface area contributed by atoms with Gasteiger partial charge in [-0.2, -0.15) is 0 Å². The minimum Gasteiger partial charge on any atom is -0.481 e. The molecule has 2 aromatic carbocycles. The van der Waals surface area contributed by atoms with E-state index in [0.717, 1.165) is 22.4 Å². The van der Waals surface area contributed by atoms with Crippen LogP contribution < -0.4 is 4.90 Å². The number of aryl methyl sites for hydroxylation is 2. The van der Waals surface area contributed by atoms with Crippen molar-refractivity contribution in [3.63, 3.8) is 0 Å². The number of fused-ring (bicyclic) bond motifs is 1. The normalized spacial score (nSPS) is 28.3. The quantitative estimate of drug-likeness (QED) is 0.495. The molecule has 3 aliphatic heterocycles. The van der Waals surface area contributed by atoms with Gasteiger partial charge in [0.15, 0.2) is 0 Å². The number of aliphatic carboxylic acids is 1. The second-order valence-electron chi connectivity index (χ2n) is 10.6. The van der Waals surface area contributed by atoms with E-state index in [1.807, 2.05) is 62.4 Å². The molecular weight excluding hydrogens is 484 g/mol. The molecule has 0 aliphatic carbocycles. The van der Waals surface area contributed by atoms with Crippen LogP contribution in [0.5, 0.6) is 0 Å². The Bertz CT molecular complexity index is 1240. The number of hydrogen-bond donors (Lipinski definition) is 2. The summed E-state index contributed by atoms with van der Waals surface area (Å²) >= 11 is 0. The van der Waals surface area contributed by atoms with E-state index >= 15 is 0 Å². The third kappa shape index (κ3) is 3.94. The van der Waals surface area contributed by atoms with Crippen LogP contribution in [0.2, 0.25) is 0 Å². The number of para-hydroxylation sites is 1. The van der Waals surface area contributed by atoms with Crippen LogP contribution in [0.15, 0.2) is 61.2 Å². The maximum Gasteiger partial charge on any atom is 0.310 e. The Balaban J connectivity index is 1.64. The van der Waals surface area contributed by atoms with E-state index in [0.29, 0.717) is 19.3 Å². The van der Waals surface area contributed by atoms with Gasteiger partial charge in [0.05, 0.1) is 30.6 Å². The number of hydrogen-bond acceptors (Lipinski definition) is 5. The van der Waals surface area contributed by atoms with Crippen LogP contribution in [0.4, 0.5) is 5.69 Å². The Morgan fingerprint density at radius 3 is 2.47 bits per heavy atom. The van der Waals surface area contributed by atoms with E-state index in [4.69, 9.17) is 4.74 Å². The molecule has 1 spiro atoms. The largest absolute Gasteiger partial charge is 0.481 e. The number of likely N-dealkylation sites (tertiary alicyclic amines) is 1. The topological polar surface area (TPSA) is 107 Å². The van der Waals surface area contributed by atoms with Crippen LogP contribution in [0, 0.1) is 25.7 Å². The van der Waals surface area contributed by atoms with Crippen LogP contribution in [0.1, 0.15) is 29.5 Å². The molecule has 8 heteroatoms. The fourth-order valence-electron chi connectivity index (χ4n) is 6.98. The third-order valence-electron chi connectivity index (χ3n) is 8.46. The van der Waals surface area contributed by atoms with E-state index in [1.54, 1.807) is 11.0 Å². The zero-order chi connectivity index (χ0) is 27.2. The van der Waals surface area contributed by atoms with Crippen molar-refractivity contribution in [2.45, 2.75) is 56.9 Å². The van der Waals surface area contributed by atoms with Gasteiger partial charge in [-0.05, 0) is 49.8 Å². The average molecular weight is 519 g/mol. The Morgan fingerprint density at radius 2 is 1.87 bits per heavy atom. The summed E-state index contributed by atoms with van der Waals surface area (Å²) < 4.78 is 6.36. The fraction of sp³-hybridized carbons (Fsp3) is 0.433. The van der Waals surface area contributed by atoms with Gasteiger partial charge in [0.2, 0.25) is 5.91 Å². The van der Waals surface area contributed by atoms with Crippen molar-refractivity contribution in [3.05, 3.63) is 77.9 Å². The van der Waals surface area contributed by atoms with Gasteiger partial charge in [0.25, 0.3) is 5.91 Å². The molecule has 2 amide bonds. The molecule has 38 heavy (non-hydrogen) atoms. The number of ether oxygens (including phenoxy) is 1. The Labute approximate surface area is 222 Å². The van der Waals surface area contributed by atoms with E-state index in [1.165, 1.54) is 4.90 Å². The molecule has 0 aromatic heterocycles. The molecule has 0 saturated carbocycles. The van der Waals surface area contributed by atoms with Crippen molar-refractivity contribution in [1.29, 1.82) is 0 Å². The lowest BCUT2D eigenvalue weighted by atomic mass is 9.70. The second-order valence-corrected chi connectivity index (χ2v) is 10.6. The molecule has 6 atom stereocenters. The van der Waals surface area contributed by atoms with Crippen molar-refractivity contribution in [2.24, 2.45) is 11.8 Å². The van der Waals surface area contributed by atoms with Crippen molar-refractivity contribution < 1.29 is 29.3 Å². The smallest absolute Gasteiger partial charge is 0.310 e. The minimum absolute atomic E-state index is 0.206. The van der Waals surface area contributed by atoms with Crippen LogP contribution in [-0.4, -0.2) is 69.8 Å². The van der Waals surface area contributed by atoms with E-state index in [-0.39, 0.29) is 19.1 Å². The number of carboxylic acid groups (broad SMARTS) is 1. The SMILES string of the molecule is C=CCN(C(=O)C1N([C@@H](CO)Cc2ccccc2)C(=O)[C@@H]2[C@H](C(=O)O)[C@@H]3CCC12O3)c1c(C)cccc1C. The molecule has 3 saturated heterocycles. The summed E-state index contributed by atoms with van der Waals surface area (Å²) in [5.74, 6) is -3.89. The zero-order valence-electron chi connectivity index (χ0n) is 21.7. The predicted octanol–water partition coefficient (Wildman–Crippen LogP) is 2.89. The number of benzene rings is 2. The van der Waals surface area contributed by atoms with Gasteiger partial charge in [-0.3, -0.25) is 14.4 Å². The monoisotopic (exact) mass is 518 g/mol. The molecule has 5 rings (SSSR count). The van der Waals surface area contributed by atoms with E-state index < -0.39 is 47.5 Å². The van der Waals surface area contributed by atoms with Crippen LogP contribution in [-0.2, 0) is 25.5 Å². The second kappa shape index (κ2) is 10.0. The number of aliphatic hydroxyl groups is 1. The molecule has 2 unspecified atom stereocenters. The Kier molecular flexibility index (Phi) is 6.88. The summed E-state index contributed by atoms with van der Waals surface area (Å²) in [6.45, 7) is 7.54. The molecule has 3 fully saturated rings. The van der Waals surface area contributed by atoms with Gasteiger partial charge in [0, 0.05) is 12.2 Å². The van der Waals surface area contributed by atoms with Gasteiger partial charge in [-0.25, -0.2) is 0 Å².